The van der Waals surface area contributed by atoms with Crippen molar-refractivity contribution in [1.29, 1.82) is 0 Å². The Morgan fingerprint density at radius 3 is 1.94 bits per heavy atom. The van der Waals surface area contributed by atoms with Crippen molar-refractivity contribution in [2.75, 3.05) is 0 Å². The summed E-state index contributed by atoms with van der Waals surface area (Å²) in [5, 5.41) is 9.21. The van der Waals surface area contributed by atoms with Gasteiger partial charge < -0.3 is 0 Å². The van der Waals surface area contributed by atoms with E-state index in [4.69, 9.17) is 0 Å². The maximum atomic E-state index is 12.3. The van der Waals surface area contributed by atoms with Crippen LogP contribution in [0, 0.1) is 0 Å². The van der Waals surface area contributed by atoms with Gasteiger partial charge in [-0.15, -0.1) is 0 Å². The average molecular weight is 287 g/mol. The topological polar surface area (TPSA) is 37.3 Å². The van der Waals surface area contributed by atoms with Gasteiger partial charge in [0.15, 0.2) is 0 Å². The van der Waals surface area contributed by atoms with Crippen LogP contribution in [0.2, 0.25) is 0 Å². The van der Waals surface area contributed by atoms with Crippen molar-refractivity contribution >= 4 is 9.00 Å². The van der Waals surface area contributed by atoms with Gasteiger partial charge in [-0.05, 0) is 0 Å². The number of hydrogen-bond donors (Lipinski definition) is 1. The van der Waals surface area contributed by atoms with Crippen LogP contribution < -0.4 is 9.00 Å². The number of phenols is 1. The minimum absolute atomic E-state index is 0.194. The van der Waals surface area contributed by atoms with E-state index >= 15 is 0 Å². The number of aromatic hydroxyl groups is 1. The quantitative estimate of drug-likeness (QED) is 0.936. The third kappa shape index (κ3) is 3.06. The van der Waals surface area contributed by atoms with E-state index in [-0.39, 0.29) is 5.75 Å². The molecular weight excluding hydrogens is 271 g/mol. The van der Waals surface area contributed by atoms with Crippen molar-refractivity contribution in [3.8, 4) is 5.75 Å². The third-order valence-electron chi connectivity index (χ3n) is 2.60. The molecule has 0 aliphatic rings. The van der Waals surface area contributed by atoms with Gasteiger partial charge >= 0.3 is 111 Å². The molecule has 2 aromatic rings. The fraction of sp³-hybridized carbons (Fsp3) is 0.200. The van der Waals surface area contributed by atoms with E-state index in [0.29, 0.717) is 0 Å². The van der Waals surface area contributed by atoms with E-state index in [9.17, 15) is 8.97 Å². The number of aryl methyl sites for hydroxylation is 1. The Morgan fingerprint density at radius 1 is 0.944 bits per heavy atom. The van der Waals surface area contributed by atoms with Crippen LogP contribution in [-0.2, 0) is 23.9 Å². The van der Waals surface area contributed by atoms with Crippen LogP contribution in [-0.4, -0.2) is 5.11 Å². The first-order valence-electron chi connectivity index (χ1n) is 5.90. The first-order chi connectivity index (χ1) is 8.70. The zero-order valence-corrected chi connectivity index (χ0v) is 11.3. The molecule has 3 heteroatoms. The van der Waals surface area contributed by atoms with E-state index in [1.54, 1.807) is 24.3 Å². The standard InChI is InChI=1S/C9H11.C6H5O.Co.O/c1-2-6-9-7-4-3-5-8-9;7-6-4-2-1-3-5-6;;/h4-5,7-8H,2,6H2,1H3;2-5,7H;;. The number of hydrogen-bond acceptors (Lipinski definition) is 2. The van der Waals surface area contributed by atoms with Gasteiger partial charge in [0.2, 0.25) is 0 Å². The molecule has 0 aliphatic heterocycles. The molecule has 18 heavy (non-hydrogen) atoms. The molecule has 0 bridgehead atoms. The molecule has 97 valence electrons. The third-order valence-corrected chi connectivity index (χ3v) is 4.38. The summed E-state index contributed by atoms with van der Waals surface area (Å²) in [7, 11) is 0. The first-order valence-corrected chi connectivity index (χ1v) is 7.36. The Bertz CT molecular complexity index is 529. The molecular formula is C15H16CoO2. The number of benzene rings is 2. The summed E-state index contributed by atoms with van der Waals surface area (Å²) in [5.41, 5.74) is 1.27. The van der Waals surface area contributed by atoms with Gasteiger partial charge in [-0.2, -0.15) is 0 Å². The zero-order valence-electron chi connectivity index (χ0n) is 10.2. The van der Waals surface area contributed by atoms with Gasteiger partial charge in [-0.25, -0.2) is 0 Å². The molecule has 0 spiro atoms. The van der Waals surface area contributed by atoms with Gasteiger partial charge in [0.25, 0.3) is 0 Å². The molecule has 0 saturated heterocycles. The Kier molecular flexibility index (Phi) is 4.28. The van der Waals surface area contributed by atoms with E-state index in [1.165, 1.54) is 5.56 Å². The van der Waals surface area contributed by atoms with Gasteiger partial charge in [0.1, 0.15) is 0 Å². The summed E-state index contributed by atoms with van der Waals surface area (Å²) in [5.74, 6) is 0.194. The summed E-state index contributed by atoms with van der Waals surface area (Å²) in [6.45, 7) is 2.14. The van der Waals surface area contributed by atoms with Crippen LogP contribution in [0.15, 0.2) is 48.5 Å². The molecule has 0 atom stereocenters. The van der Waals surface area contributed by atoms with Crippen LogP contribution in [0.1, 0.15) is 18.9 Å². The minimum atomic E-state index is -1.54. The molecule has 0 fully saturated rings. The van der Waals surface area contributed by atoms with Crippen molar-refractivity contribution in [3.05, 3.63) is 54.1 Å². The Hall–Kier alpha value is -1.45. The monoisotopic (exact) mass is 287 g/mol. The van der Waals surface area contributed by atoms with Crippen LogP contribution in [0.25, 0.3) is 0 Å². The summed E-state index contributed by atoms with van der Waals surface area (Å²) in [6, 6.07) is 14.4. The predicted octanol–water partition coefficient (Wildman–Crippen LogP) is 2.26. The van der Waals surface area contributed by atoms with E-state index < -0.39 is 13.6 Å². The van der Waals surface area contributed by atoms with Gasteiger partial charge in [0.05, 0.1) is 0 Å². The Morgan fingerprint density at radius 2 is 1.44 bits per heavy atom. The van der Waals surface area contributed by atoms with Crippen LogP contribution in [0.3, 0.4) is 0 Å². The Labute approximate surface area is 111 Å². The van der Waals surface area contributed by atoms with E-state index in [1.807, 2.05) is 24.3 Å². The molecule has 0 amide bonds. The predicted molar refractivity (Wildman–Crippen MR) is 68.5 cm³/mol. The van der Waals surface area contributed by atoms with Crippen LogP contribution in [0.5, 0.6) is 5.75 Å². The summed E-state index contributed by atoms with van der Waals surface area (Å²) >= 11 is -1.54. The molecule has 2 rings (SSSR count). The SMILES string of the molecule is CCCc1cc[c]([Co](=[O])[c]2ccc(O)cc2)cc1. The fourth-order valence-corrected chi connectivity index (χ4v) is 3.00. The molecule has 2 aromatic carbocycles. The van der Waals surface area contributed by atoms with E-state index in [2.05, 4.69) is 6.92 Å². The van der Waals surface area contributed by atoms with Crippen molar-refractivity contribution in [3.63, 3.8) is 0 Å². The van der Waals surface area contributed by atoms with Crippen molar-refractivity contribution in [2.24, 2.45) is 0 Å². The van der Waals surface area contributed by atoms with Crippen molar-refractivity contribution in [2.45, 2.75) is 19.8 Å². The second kappa shape index (κ2) is 5.93. The molecule has 0 radical (unpaired) electrons. The zero-order chi connectivity index (χ0) is 13.0. The molecule has 2 nitrogen and oxygen atoms in total. The number of phenolic OH excluding ortho intramolecular Hbond substituents is 1. The normalized spacial score (nSPS) is 11.3. The molecule has 0 aromatic heterocycles. The Balaban J connectivity index is 2.20. The van der Waals surface area contributed by atoms with Crippen LogP contribution >= 0.6 is 0 Å². The van der Waals surface area contributed by atoms with Crippen molar-refractivity contribution in [1.82, 2.24) is 0 Å². The number of rotatable bonds is 4. The van der Waals surface area contributed by atoms with Gasteiger partial charge in [-0.3, -0.25) is 0 Å². The first kappa shape index (κ1) is 13.0. The molecule has 1 N–H and O–H groups in total. The summed E-state index contributed by atoms with van der Waals surface area (Å²) in [6.07, 6.45) is 2.17. The van der Waals surface area contributed by atoms with E-state index in [0.717, 1.165) is 21.8 Å². The molecule has 0 heterocycles. The summed E-state index contributed by atoms with van der Waals surface area (Å²) < 4.78 is 13.9. The average Bonchev–Trinajstić information content (AvgIpc) is 2.40. The molecule has 0 unspecified atom stereocenters. The maximum absolute atomic E-state index is 12.3. The fourth-order valence-electron chi connectivity index (χ4n) is 1.68. The van der Waals surface area contributed by atoms with Crippen LogP contribution in [0.4, 0.5) is 0 Å². The molecule has 0 aliphatic carbocycles. The van der Waals surface area contributed by atoms with Crippen molar-refractivity contribution < 1.29 is 22.6 Å². The second-order valence-electron chi connectivity index (χ2n) is 4.02. The second-order valence-corrected chi connectivity index (χ2v) is 5.91. The molecule has 0 saturated carbocycles. The van der Waals surface area contributed by atoms with Gasteiger partial charge in [0, 0.05) is 0 Å². The summed E-state index contributed by atoms with van der Waals surface area (Å²) in [4.78, 5) is 0. The van der Waals surface area contributed by atoms with Gasteiger partial charge in [-0.1, -0.05) is 0 Å².